The molecular formula is C17H27NO. The second-order valence-corrected chi connectivity index (χ2v) is 6.52. The molecule has 1 aromatic carbocycles. The van der Waals surface area contributed by atoms with Gasteiger partial charge in [-0.15, -0.1) is 0 Å². The van der Waals surface area contributed by atoms with E-state index in [-0.39, 0.29) is 5.41 Å². The summed E-state index contributed by atoms with van der Waals surface area (Å²) < 4.78 is 5.69. The summed E-state index contributed by atoms with van der Waals surface area (Å²) in [4.78, 5) is 0. The fourth-order valence-electron chi connectivity index (χ4n) is 2.60. The quantitative estimate of drug-likeness (QED) is 0.873. The van der Waals surface area contributed by atoms with Crippen molar-refractivity contribution >= 4 is 0 Å². The van der Waals surface area contributed by atoms with Crippen LogP contribution in [0.3, 0.4) is 0 Å². The second-order valence-electron chi connectivity index (χ2n) is 6.52. The Morgan fingerprint density at radius 2 is 2.11 bits per heavy atom. The second kappa shape index (κ2) is 5.96. The van der Waals surface area contributed by atoms with Crippen LogP contribution in [0.1, 0.15) is 51.7 Å². The molecule has 0 bridgehead atoms. The van der Waals surface area contributed by atoms with Gasteiger partial charge in [-0.2, -0.15) is 0 Å². The number of nitrogens with one attached hydrogen (secondary N) is 1. The normalized spacial score (nSPS) is 15.2. The molecule has 0 aliphatic carbocycles. The summed E-state index contributed by atoms with van der Waals surface area (Å²) in [6, 6.07) is 7.30. The molecule has 2 rings (SSSR count). The molecule has 1 aliphatic heterocycles. The van der Waals surface area contributed by atoms with Gasteiger partial charge in [-0.3, -0.25) is 0 Å². The Kier molecular flexibility index (Phi) is 4.51. The highest BCUT2D eigenvalue weighted by Gasteiger charge is 2.22. The molecule has 0 fully saturated rings. The molecule has 106 valence electrons. The zero-order valence-electron chi connectivity index (χ0n) is 12.8. The van der Waals surface area contributed by atoms with Crippen molar-refractivity contribution < 1.29 is 4.74 Å². The summed E-state index contributed by atoms with van der Waals surface area (Å²) in [6.07, 6.45) is 3.46. The summed E-state index contributed by atoms with van der Waals surface area (Å²) in [6.45, 7) is 11.0. The maximum absolute atomic E-state index is 5.69. The zero-order valence-corrected chi connectivity index (χ0v) is 12.8. The van der Waals surface area contributed by atoms with E-state index < -0.39 is 0 Å². The molecule has 0 atom stereocenters. The van der Waals surface area contributed by atoms with Gasteiger partial charge in [0.25, 0.3) is 0 Å². The lowest BCUT2D eigenvalue weighted by Crippen LogP contribution is -2.29. The number of fused-ring (bicyclic) bond motifs is 1. The predicted octanol–water partition coefficient (Wildman–Crippen LogP) is 3.68. The number of hydrogen-bond acceptors (Lipinski definition) is 2. The van der Waals surface area contributed by atoms with Gasteiger partial charge in [-0.25, -0.2) is 0 Å². The van der Waals surface area contributed by atoms with E-state index in [9.17, 15) is 0 Å². The van der Waals surface area contributed by atoms with Crippen molar-refractivity contribution in [3.8, 4) is 5.75 Å². The molecule has 1 N–H and O–H groups in total. The number of ether oxygens (including phenoxy) is 1. The van der Waals surface area contributed by atoms with E-state index in [0.29, 0.717) is 6.04 Å². The SMILES string of the molecule is CC(C)NCCC(C)(C)c1ccc2c(c1)CCCO2. The van der Waals surface area contributed by atoms with Gasteiger partial charge in [0.15, 0.2) is 0 Å². The maximum Gasteiger partial charge on any atom is 0.122 e. The lowest BCUT2D eigenvalue weighted by atomic mass is 9.80. The van der Waals surface area contributed by atoms with Crippen LogP contribution in [-0.2, 0) is 11.8 Å². The van der Waals surface area contributed by atoms with Gasteiger partial charge in [0, 0.05) is 6.04 Å². The van der Waals surface area contributed by atoms with Crippen molar-refractivity contribution in [1.82, 2.24) is 5.32 Å². The van der Waals surface area contributed by atoms with Gasteiger partial charge in [-0.05, 0) is 48.4 Å². The predicted molar refractivity (Wildman–Crippen MR) is 81.0 cm³/mol. The lowest BCUT2D eigenvalue weighted by molar-refractivity contribution is 0.288. The molecule has 0 radical (unpaired) electrons. The molecule has 1 heterocycles. The highest BCUT2D eigenvalue weighted by atomic mass is 16.5. The van der Waals surface area contributed by atoms with E-state index in [0.717, 1.165) is 38.2 Å². The van der Waals surface area contributed by atoms with Crippen LogP contribution < -0.4 is 10.1 Å². The highest BCUT2D eigenvalue weighted by molar-refractivity contribution is 5.40. The van der Waals surface area contributed by atoms with Gasteiger partial charge < -0.3 is 10.1 Å². The molecule has 0 saturated heterocycles. The van der Waals surface area contributed by atoms with Crippen LogP contribution in [0.4, 0.5) is 0 Å². The first kappa shape index (κ1) is 14.4. The van der Waals surface area contributed by atoms with Crippen LogP contribution >= 0.6 is 0 Å². The van der Waals surface area contributed by atoms with Gasteiger partial charge in [0.1, 0.15) is 5.75 Å². The molecule has 0 spiro atoms. The van der Waals surface area contributed by atoms with Crippen molar-refractivity contribution in [2.45, 2.75) is 58.4 Å². The molecular weight excluding hydrogens is 234 g/mol. The molecule has 1 aromatic rings. The minimum Gasteiger partial charge on any atom is -0.493 e. The Hall–Kier alpha value is -1.02. The van der Waals surface area contributed by atoms with Crippen LogP contribution in [0, 0.1) is 0 Å². The topological polar surface area (TPSA) is 21.3 Å². The summed E-state index contributed by atoms with van der Waals surface area (Å²) in [5, 5.41) is 3.51. The van der Waals surface area contributed by atoms with Crippen LogP contribution in [0.15, 0.2) is 18.2 Å². The Morgan fingerprint density at radius 3 is 2.84 bits per heavy atom. The third-order valence-corrected chi connectivity index (χ3v) is 3.99. The maximum atomic E-state index is 5.69. The van der Waals surface area contributed by atoms with E-state index in [1.165, 1.54) is 11.1 Å². The van der Waals surface area contributed by atoms with Crippen LogP contribution in [0.2, 0.25) is 0 Å². The molecule has 0 amide bonds. The minimum atomic E-state index is 0.217. The summed E-state index contributed by atoms with van der Waals surface area (Å²) in [5.41, 5.74) is 3.03. The van der Waals surface area contributed by atoms with Crippen molar-refractivity contribution in [3.63, 3.8) is 0 Å². The van der Waals surface area contributed by atoms with Crippen LogP contribution in [0.5, 0.6) is 5.75 Å². The standard InChI is InChI=1S/C17H27NO/c1-13(2)18-10-9-17(3,4)15-7-8-16-14(12-15)6-5-11-19-16/h7-8,12-13,18H,5-6,9-11H2,1-4H3. The van der Waals surface area contributed by atoms with Crippen LogP contribution in [0.25, 0.3) is 0 Å². The lowest BCUT2D eigenvalue weighted by Gasteiger charge is -2.28. The Morgan fingerprint density at radius 1 is 1.32 bits per heavy atom. The van der Waals surface area contributed by atoms with E-state index in [1.54, 1.807) is 0 Å². The smallest absolute Gasteiger partial charge is 0.122 e. The first-order chi connectivity index (χ1) is 8.99. The van der Waals surface area contributed by atoms with Crippen molar-refractivity contribution in [1.29, 1.82) is 0 Å². The molecule has 0 saturated carbocycles. The molecule has 0 unspecified atom stereocenters. The van der Waals surface area contributed by atoms with Gasteiger partial charge in [-0.1, -0.05) is 39.8 Å². The number of hydrogen-bond donors (Lipinski definition) is 1. The average Bonchev–Trinajstić information content (AvgIpc) is 2.37. The Bertz CT molecular complexity index is 423. The first-order valence-corrected chi connectivity index (χ1v) is 7.48. The monoisotopic (exact) mass is 261 g/mol. The fourth-order valence-corrected chi connectivity index (χ4v) is 2.60. The van der Waals surface area contributed by atoms with Gasteiger partial charge in [0.05, 0.1) is 6.61 Å². The molecule has 1 aliphatic rings. The fraction of sp³-hybridized carbons (Fsp3) is 0.647. The molecule has 0 aromatic heterocycles. The van der Waals surface area contributed by atoms with Crippen molar-refractivity contribution in [2.75, 3.05) is 13.2 Å². The Labute approximate surface area is 117 Å². The molecule has 2 heteroatoms. The summed E-state index contributed by atoms with van der Waals surface area (Å²) in [5.74, 6) is 1.09. The van der Waals surface area contributed by atoms with Gasteiger partial charge >= 0.3 is 0 Å². The summed E-state index contributed by atoms with van der Waals surface area (Å²) >= 11 is 0. The Balaban J connectivity index is 2.07. The van der Waals surface area contributed by atoms with E-state index in [2.05, 4.69) is 51.2 Å². The third kappa shape index (κ3) is 3.73. The van der Waals surface area contributed by atoms with E-state index in [4.69, 9.17) is 4.74 Å². The number of benzene rings is 1. The van der Waals surface area contributed by atoms with E-state index in [1.807, 2.05) is 0 Å². The molecule has 2 nitrogen and oxygen atoms in total. The van der Waals surface area contributed by atoms with Gasteiger partial charge in [0.2, 0.25) is 0 Å². The largest absolute Gasteiger partial charge is 0.493 e. The average molecular weight is 261 g/mol. The third-order valence-electron chi connectivity index (χ3n) is 3.99. The first-order valence-electron chi connectivity index (χ1n) is 7.48. The molecule has 19 heavy (non-hydrogen) atoms. The van der Waals surface area contributed by atoms with E-state index >= 15 is 0 Å². The van der Waals surface area contributed by atoms with Crippen molar-refractivity contribution in [3.05, 3.63) is 29.3 Å². The number of aryl methyl sites for hydroxylation is 1. The highest BCUT2D eigenvalue weighted by Crippen LogP contribution is 2.32. The summed E-state index contributed by atoms with van der Waals surface area (Å²) in [7, 11) is 0. The van der Waals surface area contributed by atoms with Crippen LogP contribution in [-0.4, -0.2) is 19.2 Å². The minimum absolute atomic E-state index is 0.217. The zero-order chi connectivity index (χ0) is 13.9. The van der Waals surface area contributed by atoms with Crippen molar-refractivity contribution in [2.24, 2.45) is 0 Å². The number of rotatable bonds is 5.